The Balaban J connectivity index is 2.02. The smallest absolute Gasteiger partial charge is 0.128 e. The number of nitrogen functional groups attached to an aromatic ring is 1. The van der Waals surface area contributed by atoms with Gasteiger partial charge in [0, 0.05) is 11.3 Å². The number of aromatic nitrogens is 3. The van der Waals surface area contributed by atoms with Crippen LogP contribution in [0, 0.1) is 6.92 Å². The SMILES string of the molecule is CCOc1ccc(C)cc1-c1cn(-c2cccc(N)c2)nn1. The molecule has 0 saturated heterocycles. The van der Waals surface area contributed by atoms with Crippen LogP contribution in [0.1, 0.15) is 12.5 Å². The topological polar surface area (TPSA) is 66.0 Å². The molecule has 112 valence electrons. The fourth-order valence-electron chi connectivity index (χ4n) is 2.31. The van der Waals surface area contributed by atoms with E-state index in [-0.39, 0.29) is 0 Å². The molecule has 0 unspecified atom stereocenters. The van der Waals surface area contributed by atoms with Crippen molar-refractivity contribution >= 4 is 5.69 Å². The molecule has 1 aromatic heterocycles. The van der Waals surface area contributed by atoms with E-state index >= 15 is 0 Å². The Bertz CT molecular complexity index is 795. The third kappa shape index (κ3) is 2.79. The van der Waals surface area contributed by atoms with Crippen LogP contribution in [0.4, 0.5) is 5.69 Å². The molecular weight excluding hydrogens is 276 g/mol. The molecule has 1 heterocycles. The molecule has 22 heavy (non-hydrogen) atoms. The van der Waals surface area contributed by atoms with Gasteiger partial charge in [0.05, 0.1) is 18.5 Å². The molecule has 5 heteroatoms. The summed E-state index contributed by atoms with van der Waals surface area (Å²) in [5.74, 6) is 0.813. The molecular formula is C17H18N4O. The molecule has 0 spiro atoms. The van der Waals surface area contributed by atoms with Gasteiger partial charge in [-0.1, -0.05) is 22.9 Å². The number of aryl methyl sites for hydroxylation is 1. The van der Waals surface area contributed by atoms with E-state index in [0.29, 0.717) is 12.3 Å². The molecule has 2 N–H and O–H groups in total. The normalized spacial score (nSPS) is 10.6. The van der Waals surface area contributed by atoms with E-state index in [1.54, 1.807) is 4.68 Å². The molecule has 0 atom stereocenters. The van der Waals surface area contributed by atoms with Crippen LogP contribution >= 0.6 is 0 Å². The Morgan fingerprint density at radius 1 is 1.18 bits per heavy atom. The van der Waals surface area contributed by atoms with Crippen molar-refractivity contribution < 1.29 is 4.74 Å². The van der Waals surface area contributed by atoms with E-state index in [0.717, 1.165) is 28.3 Å². The van der Waals surface area contributed by atoms with Crippen molar-refractivity contribution in [3.8, 4) is 22.7 Å². The van der Waals surface area contributed by atoms with Crippen LogP contribution in [0.2, 0.25) is 0 Å². The summed E-state index contributed by atoms with van der Waals surface area (Å²) in [6, 6.07) is 13.6. The van der Waals surface area contributed by atoms with Gasteiger partial charge in [0.2, 0.25) is 0 Å². The van der Waals surface area contributed by atoms with E-state index in [1.807, 2.05) is 56.4 Å². The number of anilines is 1. The average molecular weight is 294 g/mol. The predicted molar refractivity (Wildman–Crippen MR) is 87.1 cm³/mol. The van der Waals surface area contributed by atoms with Gasteiger partial charge in [-0.2, -0.15) is 0 Å². The Kier molecular flexibility index (Phi) is 3.78. The Hall–Kier alpha value is -2.82. The monoisotopic (exact) mass is 294 g/mol. The summed E-state index contributed by atoms with van der Waals surface area (Å²) >= 11 is 0. The molecule has 0 aliphatic carbocycles. The first-order chi connectivity index (χ1) is 10.7. The summed E-state index contributed by atoms with van der Waals surface area (Å²) in [6.07, 6.45) is 1.88. The minimum absolute atomic E-state index is 0.611. The Morgan fingerprint density at radius 3 is 2.82 bits per heavy atom. The second kappa shape index (κ2) is 5.89. The number of rotatable bonds is 4. The largest absolute Gasteiger partial charge is 0.493 e. The van der Waals surface area contributed by atoms with Crippen LogP contribution in [-0.4, -0.2) is 21.6 Å². The van der Waals surface area contributed by atoms with Crippen LogP contribution in [0.15, 0.2) is 48.7 Å². The molecule has 3 aromatic rings. The van der Waals surface area contributed by atoms with Crippen molar-refractivity contribution in [1.29, 1.82) is 0 Å². The number of hydrogen-bond donors (Lipinski definition) is 1. The quantitative estimate of drug-likeness (QED) is 0.750. The zero-order valence-corrected chi connectivity index (χ0v) is 12.7. The van der Waals surface area contributed by atoms with Gasteiger partial charge in [0.25, 0.3) is 0 Å². The van der Waals surface area contributed by atoms with Crippen LogP contribution in [0.5, 0.6) is 5.75 Å². The molecule has 3 rings (SSSR count). The van der Waals surface area contributed by atoms with Crippen LogP contribution < -0.4 is 10.5 Å². The van der Waals surface area contributed by atoms with Crippen molar-refractivity contribution in [2.45, 2.75) is 13.8 Å². The van der Waals surface area contributed by atoms with Crippen molar-refractivity contribution in [1.82, 2.24) is 15.0 Å². The number of nitrogens with zero attached hydrogens (tertiary/aromatic N) is 3. The first-order valence-electron chi connectivity index (χ1n) is 7.19. The average Bonchev–Trinajstić information content (AvgIpc) is 2.99. The van der Waals surface area contributed by atoms with Gasteiger partial charge in [-0.25, -0.2) is 4.68 Å². The standard InChI is InChI=1S/C17H18N4O/c1-3-22-17-8-7-12(2)9-15(17)16-11-21(20-19-16)14-6-4-5-13(18)10-14/h4-11H,3,18H2,1-2H3. The molecule has 5 nitrogen and oxygen atoms in total. The molecule has 0 amide bonds. The number of hydrogen-bond acceptors (Lipinski definition) is 4. The van der Waals surface area contributed by atoms with E-state index < -0.39 is 0 Å². The third-order valence-corrected chi connectivity index (χ3v) is 3.34. The van der Waals surface area contributed by atoms with Crippen molar-refractivity contribution in [3.05, 3.63) is 54.2 Å². The summed E-state index contributed by atoms with van der Waals surface area (Å²) in [4.78, 5) is 0. The van der Waals surface area contributed by atoms with E-state index in [2.05, 4.69) is 16.4 Å². The molecule has 2 aromatic carbocycles. The van der Waals surface area contributed by atoms with Gasteiger partial charge in [0.15, 0.2) is 0 Å². The minimum Gasteiger partial charge on any atom is -0.493 e. The van der Waals surface area contributed by atoms with Crippen molar-refractivity contribution in [2.24, 2.45) is 0 Å². The van der Waals surface area contributed by atoms with E-state index in [1.165, 1.54) is 0 Å². The molecule has 0 radical (unpaired) electrons. The van der Waals surface area contributed by atoms with Crippen LogP contribution in [0.25, 0.3) is 16.9 Å². The van der Waals surface area contributed by atoms with Gasteiger partial charge in [-0.05, 0) is 44.2 Å². The van der Waals surface area contributed by atoms with Gasteiger partial charge in [-0.3, -0.25) is 0 Å². The zero-order valence-electron chi connectivity index (χ0n) is 12.7. The summed E-state index contributed by atoms with van der Waals surface area (Å²) in [5.41, 5.74) is 10.3. The second-order valence-corrected chi connectivity index (χ2v) is 5.08. The maximum atomic E-state index is 5.82. The van der Waals surface area contributed by atoms with E-state index in [9.17, 15) is 0 Å². The highest BCUT2D eigenvalue weighted by molar-refractivity contribution is 5.67. The molecule has 0 fully saturated rings. The van der Waals surface area contributed by atoms with Gasteiger partial charge in [-0.15, -0.1) is 5.10 Å². The molecule has 0 aliphatic rings. The predicted octanol–water partition coefficient (Wildman–Crippen LogP) is 3.22. The fraction of sp³-hybridized carbons (Fsp3) is 0.176. The summed E-state index contributed by atoms with van der Waals surface area (Å²) < 4.78 is 7.40. The summed E-state index contributed by atoms with van der Waals surface area (Å²) in [7, 11) is 0. The molecule has 0 aliphatic heterocycles. The first-order valence-corrected chi connectivity index (χ1v) is 7.19. The second-order valence-electron chi connectivity index (χ2n) is 5.08. The third-order valence-electron chi connectivity index (χ3n) is 3.34. The van der Waals surface area contributed by atoms with Crippen LogP contribution in [0.3, 0.4) is 0 Å². The zero-order chi connectivity index (χ0) is 15.5. The lowest BCUT2D eigenvalue weighted by Crippen LogP contribution is -1.96. The van der Waals surface area contributed by atoms with Gasteiger partial charge in [0.1, 0.15) is 11.4 Å². The number of benzene rings is 2. The molecule has 0 bridgehead atoms. The van der Waals surface area contributed by atoms with Crippen LogP contribution in [-0.2, 0) is 0 Å². The Labute approximate surface area is 129 Å². The Morgan fingerprint density at radius 2 is 2.05 bits per heavy atom. The van der Waals surface area contributed by atoms with Crippen molar-refractivity contribution in [2.75, 3.05) is 12.3 Å². The lowest BCUT2D eigenvalue weighted by Gasteiger charge is -2.08. The highest BCUT2D eigenvalue weighted by atomic mass is 16.5. The maximum Gasteiger partial charge on any atom is 0.128 e. The van der Waals surface area contributed by atoms with Gasteiger partial charge >= 0.3 is 0 Å². The lowest BCUT2D eigenvalue weighted by molar-refractivity contribution is 0.341. The maximum absolute atomic E-state index is 5.82. The summed E-state index contributed by atoms with van der Waals surface area (Å²) in [6.45, 7) is 4.62. The minimum atomic E-state index is 0.611. The highest BCUT2D eigenvalue weighted by Gasteiger charge is 2.11. The number of nitrogens with two attached hydrogens (primary N) is 1. The first kappa shape index (κ1) is 14.1. The fourth-order valence-corrected chi connectivity index (χ4v) is 2.31. The highest BCUT2D eigenvalue weighted by Crippen LogP contribution is 2.30. The van der Waals surface area contributed by atoms with Gasteiger partial charge < -0.3 is 10.5 Å². The van der Waals surface area contributed by atoms with Crippen molar-refractivity contribution in [3.63, 3.8) is 0 Å². The number of ether oxygens (including phenoxy) is 1. The molecule has 0 saturated carbocycles. The lowest BCUT2D eigenvalue weighted by atomic mass is 10.1. The van der Waals surface area contributed by atoms with E-state index in [4.69, 9.17) is 10.5 Å². The summed E-state index contributed by atoms with van der Waals surface area (Å²) in [5, 5.41) is 8.46.